The first-order chi connectivity index (χ1) is 9.99. The number of amides is 1. The molecular weight excluding hydrogens is 264 g/mol. The summed E-state index contributed by atoms with van der Waals surface area (Å²) in [6.45, 7) is 2.59. The molecule has 116 valence electrons. The predicted octanol–water partition coefficient (Wildman–Crippen LogP) is 2.52. The molecule has 0 aliphatic carbocycles. The van der Waals surface area contributed by atoms with E-state index < -0.39 is 0 Å². The molecule has 2 unspecified atom stereocenters. The van der Waals surface area contributed by atoms with Gasteiger partial charge in [-0.2, -0.15) is 0 Å². The Bertz CT molecular complexity index is 468. The molecule has 0 bridgehead atoms. The number of likely N-dealkylation sites (tertiary alicyclic amines) is 1. The van der Waals surface area contributed by atoms with E-state index in [4.69, 9.17) is 0 Å². The molecule has 2 atom stereocenters. The molecule has 1 heterocycles. The van der Waals surface area contributed by atoms with Crippen LogP contribution in [0.25, 0.3) is 0 Å². The lowest BCUT2D eigenvalue weighted by molar-refractivity contribution is 0.0515. The molecule has 4 heteroatoms. The molecular formula is C17H26N2O2. The summed E-state index contributed by atoms with van der Waals surface area (Å²) >= 11 is 0. The summed E-state index contributed by atoms with van der Waals surface area (Å²) in [7, 11) is 3.97. The van der Waals surface area contributed by atoms with E-state index in [1.807, 2.05) is 48.2 Å². The largest absolute Gasteiger partial charge is 0.393 e. The molecule has 0 saturated carbocycles. The second-order valence-corrected chi connectivity index (χ2v) is 6.17. The van der Waals surface area contributed by atoms with Crippen molar-refractivity contribution >= 4 is 11.6 Å². The quantitative estimate of drug-likeness (QED) is 0.926. The van der Waals surface area contributed by atoms with Gasteiger partial charge in [0.15, 0.2) is 0 Å². The van der Waals surface area contributed by atoms with Crippen molar-refractivity contribution in [1.82, 2.24) is 4.90 Å². The Morgan fingerprint density at radius 3 is 2.57 bits per heavy atom. The first-order valence-electron chi connectivity index (χ1n) is 7.75. The van der Waals surface area contributed by atoms with Crippen molar-refractivity contribution in [3.63, 3.8) is 0 Å². The van der Waals surface area contributed by atoms with E-state index in [0.29, 0.717) is 6.42 Å². The molecule has 0 spiro atoms. The standard InChI is InChI=1S/C17H26N2O2/c1-13(20)12-16-6-4-5-11-19(16)17(21)14-7-9-15(10-8-14)18(2)3/h7-10,13,16,20H,4-6,11-12H2,1-3H3. The molecule has 2 rings (SSSR count). The van der Waals surface area contributed by atoms with E-state index in [-0.39, 0.29) is 18.1 Å². The first-order valence-corrected chi connectivity index (χ1v) is 7.75. The van der Waals surface area contributed by atoms with Gasteiger partial charge in [-0.15, -0.1) is 0 Å². The van der Waals surface area contributed by atoms with E-state index in [2.05, 4.69) is 0 Å². The average Bonchev–Trinajstić information content (AvgIpc) is 2.46. The smallest absolute Gasteiger partial charge is 0.254 e. The number of hydrogen-bond acceptors (Lipinski definition) is 3. The lowest BCUT2D eigenvalue weighted by atomic mass is 9.96. The fourth-order valence-electron chi connectivity index (χ4n) is 2.97. The first kappa shape index (κ1) is 15.8. The third-order valence-corrected chi connectivity index (χ3v) is 4.13. The Balaban J connectivity index is 2.12. The molecule has 1 N–H and O–H groups in total. The maximum absolute atomic E-state index is 12.7. The number of piperidine rings is 1. The van der Waals surface area contributed by atoms with Crippen molar-refractivity contribution in [1.29, 1.82) is 0 Å². The summed E-state index contributed by atoms with van der Waals surface area (Å²) in [4.78, 5) is 16.7. The number of benzene rings is 1. The Kier molecular flexibility index (Phi) is 5.23. The number of hydrogen-bond donors (Lipinski definition) is 1. The monoisotopic (exact) mass is 290 g/mol. The van der Waals surface area contributed by atoms with Gasteiger partial charge >= 0.3 is 0 Å². The average molecular weight is 290 g/mol. The summed E-state index contributed by atoms with van der Waals surface area (Å²) in [5, 5.41) is 9.63. The highest BCUT2D eigenvalue weighted by molar-refractivity contribution is 5.94. The van der Waals surface area contributed by atoms with E-state index in [9.17, 15) is 9.90 Å². The fourth-order valence-corrected chi connectivity index (χ4v) is 2.97. The Labute approximate surface area is 127 Å². The molecule has 1 aromatic carbocycles. The van der Waals surface area contributed by atoms with Crippen molar-refractivity contribution in [2.75, 3.05) is 25.5 Å². The fraction of sp³-hybridized carbons (Fsp3) is 0.588. The maximum Gasteiger partial charge on any atom is 0.254 e. The normalized spacial score (nSPS) is 20.2. The molecule has 1 aliphatic heterocycles. The van der Waals surface area contributed by atoms with Crippen molar-refractivity contribution in [3.05, 3.63) is 29.8 Å². The minimum absolute atomic E-state index is 0.0886. The van der Waals surface area contributed by atoms with Crippen LogP contribution in [0.3, 0.4) is 0 Å². The zero-order chi connectivity index (χ0) is 15.4. The van der Waals surface area contributed by atoms with E-state index in [0.717, 1.165) is 37.1 Å². The topological polar surface area (TPSA) is 43.8 Å². The molecule has 21 heavy (non-hydrogen) atoms. The molecule has 1 aromatic rings. The number of anilines is 1. The highest BCUT2D eigenvalue weighted by Gasteiger charge is 2.28. The van der Waals surface area contributed by atoms with E-state index in [1.165, 1.54) is 0 Å². The van der Waals surface area contributed by atoms with Crippen LogP contribution in [0, 0.1) is 0 Å². The van der Waals surface area contributed by atoms with Crippen molar-refractivity contribution < 1.29 is 9.90 Å². The second kappa shape index (κ2) is 6.94. The maximum atomic E-state index is 12.7. The minimum Gasteiger partial charge on any atom is -0.393 e. The van der Waals surface area contributed by atoms with Gasteiger partial charge in [0.1, 0.15) is 0 Å². The second-order valence-electron chi connectivity index (χ2n) is 6.17. The van der Waals surface area contributed by atoms with Crippen molar-refractivity contribution in [3.8, 4) is 0 Å². The number of aliphatic hydroxyl groups is 1. The Morgan fingerprint density at radius 2 is 2.00 bits per heavy atom. The molecule has 4 nitrogen and oxygen atoms in total. The third-order valence-electron chi connectivity index (χ3n) is 4.13. The summed E-state index contributed by atoms with van der Waals surface area (Å²) in [6, 6.07) is 7.90. The summed E-state index contributed by atoms with van der Waals surface area (Å²) in [5.74, 6) is 0.0886. The van der Waals surface area contributed by atoms with Crippen LogP contribution in [0.4, 0.5) is 5.69 Å². The van der Waals surface area contributed by atoms with Crippen LogP contribution in [-0.2, 0) is 0 Å². The van der Waals surface area contributed by atoms with E-state index in [1.54, 1.807) is 6.92 Å². The molecule has 1 amide bonds. The summed E-state index contributed by atoms with van der Waals surface area (Å²) < 4.78 is 0. The number of aliphatic hydroxyl groups excluding tert-OH is 1. The lowest BCUT2D eigenvalue weighted by Gasteiger charge is -2.36. The number of carbonyl (C=O) groups is 1. The van der Waals surface area contributed by atoms with Crippen molar-refractivity contribution in [2.24, 2.45) is 0 Å². The number of carbonyl (C=O) groups excluding carboxylic acids is 1. The predicted molar refractivity (Wildman–Crippen MR) is 85.7 cm³/mol. The van der Waals surface area contributed by atoms with Gasteiger partial charge < -0.3 is 14.9 Å². The SMILES string of the molecule is CC(O)CC1CCCCN1C(=O)c1ccc(N(C)C)cc1. The van der Waals surface area contributed by atoms with Crippen LogP contribution in [0.5, 0.6) is 0 Å². The Hall–Kier alpha value is -1.55. The van der Waals surface area contributed by atoms with Gasteiger partial charge in [-0.1, -0.05) is 0 Å². The van der Waals surface area contributed by atoms with Gasteiger partial charge in [0, 0.05) is 37.9 Å². The molecule has 0 radical (unpaired) electrons. The highest BCUT2D eigenvalue weighted by Crippen LogP contribution is 2.23. The number of nitrogens with zero attached hydrogens (tertiary/aromatic N) is 2. The van der Waals surface area contributed by atoms with E-state index >= 15 is 0 Å². The van der Waals surface area contributed by atoms with Crippen LogP contribution in [0.15, 0.2) is 24.3 Å². The van der Waals surface area contributed by atoms with Crippen LogP contribution in [0.2, 0.25) is 0 Å². The van der Waals surface area contributed by atoms with Crippen LogP contribution in [-0.4, -0.2) is 48.7 Å². The zero-order valence-corrected chi connectivity index (χ0v) is 13.2. The van der Waals surface area contributed by atoms with Gasteiger partial charge in [-0.3, -0.25) is 4.79 Å². The van der Waals surface area contributed by atoms with Crippen LogP contribution in [0.1, 0.15) is 43.0 Å². The van der Waals surface area contributed by atoms with Crippen LogP contribution >= 0.6 is 0 Å². The van der Waals surface area contributed by atoms with Crippen LogP contribution < -0.4 is 4.90 Å². The molecule has 1 aliphatic rings. The molecule has 1 fully saturated rings. The van der Waals surface area contributed by atoms with Gasteiger partial charge in [0.2, 0.25) is 0 Å². The Morgan fingerprint density at radius 1 is 1.33 bits per heavy atom. The van der Waals surface area contributed by atoms with Gasteiger partial charge in [0.05, 0.1) is 6.10 Å². The number of rotatable bonds is 4. The molecule has 1 saturated heterocycles. The zero-order valence-electron chi connectivity index (χ0n) is 13.2. The summed E-state index contributed by atoms with van der Waals surface area (Å²) in [5.41, 5.74) is 1.82. The summed E-state index contributed by atoms with van der Waals surface area (Å²) in [6.07, 6.45) is 3.49. The third kappa shape index (κ3) is 3.97. The highest BCUT2D eigenvalue weighted by atomic mass is 16.3. The van der Waals surface area contributed by atoms with Gasteiger partial charge in [0.25, 0.3) is 5.91 Å². The van der Waals surface area contributed by atoms with Gasteiger partial charge in [-0.05, 0) is 56.9 Å². The lowest BCUT2D eigenvalue weighted by Crippen LogP contribution is -2.45. The van der Waals surface area contributed by atoms with Gasteiger partial charge in [-0.25, -0.2) is 0 Å². The minimum atomic E-state index is -0.362. The van der Waals surface area contributed by atoms with Crippen molar-refractivity contribution in [2.45, 2.75) is 44.8 Å². The molecule has 0 aromatic heterocycles.